The van der Waals surface area contributed by atoms with Crippen LogP contribution in [0.2, 0.25) is 10.0 Å². The summed E-state index contributed by atoms with van der Waals surface area (Å²) >= 11 is 12.2. The third-order valence-electron chi connectivity index (χ3n) is 5.39. The number of halogens is 3. The molecule has 0 fully saturated rings. The van der Waals surface area contributed by atoms with Crippen LogP contribution < -0.4 is 10.6 Å². The van der Waals surface area contributed by atoms with E-state index >= 15 is 4.39 Å². The zero-order valence-corrected chi connectivity index (χ0v) is 19.3. The molecule has 2 aromatic carbocycles. The Labute approximate surface area is 204 Å². The van der Waals surface area contributed by atoms with Crippen molar-refractivity contribution in [2.24, 2.45) is 0 Å². The van der Waals surface area contributed by atoms with Crippen molar-refractivity contribution in [3.8, 4) is 11.4 Å². The van der Waals surface area contributed by atoms with Crippen LogP contribution in [-0.2, 0) is 4.79 Å². The van der Waals surface area contributed by atoms with Crippen molar-refractivity contribution < 1.29 is 9.18 Å². The largest absolute Gasteiger partial charge is 0.328 e. The number of amides is 1. The van der Waals surface area contributed by atoms with E-state index in [-0.39, 0.29) is 5.56 Å². The molecule has 7 nitrogen and oxygen atoms in total. The first-order chi connectivity index (χ1) is 16.4. The second-order valence-corrected chi connectivity index (χ2v) is 8.43. The molecule has 5 rings (SSSR count). The van der Waals surface area contributed by atoms with Gasteiger partial charge in [-0.05, 0) is 43.3 Å². The molecule has 2 aromatic heterocycles. The fraction of sp³-hybridized carbons (Fsp3) is 0.0833. The Morgan fingerprint density at radius 3 is 2.68 bits per heavy atom. The number of allylic oxidation sites excluding steroid dienone is 1. The van der Waals surface area contributed by atoms with Crippen LogP contribution in [0.4, 0.5) is 16.0 Å². The summed E-state index contributed by atoms with van der Waals surface area (Å²) in [4.78, 5) is 22.0. The van der Waals surface area contributed by atoms with E-state index in [2.05, 4.69) is 25.7 Å². The van der Waals surface area contributed by atoms with Crippen molar-refractivity contribution in [3.63, 3.8) is 0 Å². The van der Waals surface area contributed by atoms with Crippen molar-refractivity contribution in [3.05, 3.63) is 99.7 Å². The van der Waals surface area contributed by atoms with Crippen LogP contribution in [0.25, 0.3) is 11.4 Å². The Balaban J connectivity index is 1.62. The molecular weight excluding hydrogens is 478 g/mol. The molecule has 1 aliphatic heterocycles. The summed E-state index contributed by atoms with van der Waals surface area (Å²) in [6, 6.07) is 13.9. The van der Waals surface area contributed by atoms with Crippen molar-refractivity contribution in [1.29, 1.82) is 0 Å². The molecule has 10 heteroatoms. The number of nitrogens with zero attached hydrogens (tertiary/aromatic N) is 4. The average Bonchev–Trinajstić information content (AvgIpc) is 3.24. The predicted octanol–water partition coefficient (Wildman–Crippen LogP) is 5.71. The summed E-state index contributed by atoms with van der Waals surface area (Å²) in [5.74, 6) is -0.163. The van der Waals surface area contributed by atoms with Crippen molar-refractivity contribution in [1.82, 2.24) is 19.7 Å². The van der Waals surface area contributed by atoms with Crippen LogP contribution in [-0.4, -0.2) is 25.7 Å². The molecule has 0 spiro atoms. The predicted molar refractivity (Wildman–Crippen MR) is 129 cm³/mol. The molecule has 1 atom stereocenters. The summed E-state index contributed by atoms with van der Waals surface area (Å²) in [7, 11) is 0. The van der Waals surface area contributed by atoms with Crippen LogP contribution >= 0.6 is 23.2 Å². The minimum atomic E-state index is -0.863. The number of carbonyl (C=O) groups is 1. The maximum atomic E-state index is 15.0. The van der Waals surface area contributed by atoms with Gasteiger partial charge < -0.3 is 10.6 Å². The molecule has 0 radical (unpaired) electrons. The van der Waals surface area contributed by atoms with E-state index < -0.39 is 17.8 Å². The van der Waals surface area contributed by atoms with E-state index in [4.69, 9.17) is 23.2 Å². The summed E-state index contributed by atoms with van der Waals surface area (Å²) in [5, 5.41) is 11.3. The first-order valence-electron chi connectivity index (χ1n) is 10.3. The van der Waals surface area contributed by atoms with Gasteiger partial charge in [0.25, 0.3) is 5.91 Å². The van der Waals surface area contributed by atoms with E-state index in [0.29, 0.717) is 44.3 Å². The first-order valence-corrected chi connectivity index (χ1v) is 11.0. The molecule has 4 aromatic rings. The molecule has 170 valence electrons. The number of rotatable bonds is 4. The second kappa shape index (κ2) is 8.89. The van der Waals surface area contributed by atoms with Crippen molar-refractivity contribution >= 4 is 40.7 Å². The van der Waals surface area contributed by atoms with E-state index in [1.807, 2.05) is 0 Å². The van der Waals surface area contributed by atoms with Gasteiger partial charge in [0.05, 0.1) is 27.5 Å². The van der Waals surface area contributed by atoms with E-state index in [0.717, 1.165) is 0 Å². The summed E-state index contributed by atoms with van der Waals surface area (Å²) < 4.78 is 16.5. The van der Waals surface area contributed by atoms with Crippen LogP contribution in [0.3, 0.4) is 0 Å². The van der Waals surface area contributed by atoms with Gasteiger partial charge in [0.1, 0.15) is 11.9 Å². The van der Waals surface area contributed by atoms with Crippen molar-refractivity contribution in [2.75, 3.05) is 10.6 Å². The average molecular weight is 495 g/mol. The second-order valence-electron chi connectivity index (χ2n) is 7.62. The van der Waals surface area contributed by atoms with Crippen LogP contribution in [0.1, 0.15) is 18.5 Å². The summed E-state index contributed by atoms with van der Waals surface area (Å²) in [6.07, 6.45) is 3.14. The Kier molecular flexibility index (Phi) is 5.77. The third kappa shape index (κ3) is 4.02. The molecule has 3 heterocycles. The van der Waals surface area contributed by atoms with Crippen LogP contribution in [0, 0.1) is 5.82 Å². The van der Waals surface area contributed by atoms with Gasteiger partial charge in [-0.15, -0.1) is 5.10 Å². The van der Waals surface area contributed by atoms with Gasteiger partial charge in [-0.2, -0.15) is 4.98 Å². The maximum Gasteiger partial charge on any atom is 0.255 e. The van der Waals surface area contributed by atoms with E-state index in [1.54, 1.807) is 61.7 Å². The minimum Gasteiger partial charge on any atom is -0.328 e. The topological polar surface area (TPSA) is 84.7 Å². The van der Waals surface area contributed by atoms with Gasteiger partial charge in [0.2, 0.25) is 5.95 Å². The van der Waals surface area contributed by atoms with E-state index in [1.165, 1.54) is 16.9 Å². The lowest BCUT2D eigenvalue weighted by molar-refractivity contribution is -0.113. The lowest BCUT2D eigenvalue weighted by atomic mass is 9.94. The number of benzene rings is 2. The van der Waals surface area contributed by atoms with Gasteiger partial charge in [0, 0.05) is 23.0 Å². The van der Waals surface area contributed by atoms with Gasteiger partial charge in [-0.1, -0.05) is 41.4 Å². The number of nitrogens with one attached hydrogen (secondary N) is 2. The first kappa shape index (κ1) is 22.1. The fourth-order valence-electron chi connectivity index (χ4n) is 3.82. The number of carbonyl (C=O) groups excluding carboxylic acids is 1. The number of pyridine rings is 1. The highest BCUT2D eigenvalue weighted by molar-refractivity contribution is 6.42. The molecular formula is C24H17Cl2FN6O. The van der Waals surface area contributed by atoms with Gasteiger partial charge >= 0.3 is 0 Å². The zero-order valence-electron chi connectivity index (χ0n) is 17.8. The summed E-state index contributed by atoms with van der Waals surface area (Å²) in [5.41, 5.74) is 2.25. The lowest BCUT2D eigenvalue weighted by Crippen LogP contribution is -2.32. The van der Waals surface area contributed by atoms with Crippen LogP contribution in [0.5, 0.6) is 0 Å². The highest BCUT2D eigenvalue weighted by Gasteiger charge is 2.36. The number of anilines is 2. The Bertz CT molecular complexity index is 1440. The van der Waals surface area contributed by atoms with Crippen molar-refractivity contribution in [2.45, 2.75) is 13.0 Å². The highest BCUT2D eigenvalue weighted by Crippen LogP contribution is 2.38. The molecule has 34 heavy (non-hydrogen) atoms. The monoisotopic (exact) mass is 494 g/mol. The quantitative estimate of drug-likeness (QED) is 0.379. The highest BCUT2D eigenvalue weighted by atomic mass is 35.5. The van der Waals surface area contributed by atoms with Gasteiger partial charge in [-0.25, -0.2) is 9.07 Å². The van der Waals surface area contributed by atoms with E-state index in [9.17, 15) is 4.79 Å². The smallest absolute Gasteiger partial charge is 0.255 e. The molecule has 0 saturated carbocycles. The molecule has 2 N–H and O–H groups in total. The molecule has 0 aliphatic carbocycles. The molecule has 0 bridgehead atoms. The standard InChI is InChI=1S/C24H17Cl2FN6O/c1-13-20(23(34)30-15-5-4-10-28-12-15)21(16-6-2-3-7-19(16)27)33-24(29-13)31-22(32-33)14-8-9-17(25)18(26)11-14/h2-12,21H,1H3,(H,30,34)(H,29,31,32). The zero-order chi connectivity index (χ0) is 23.8. The normalized spacial score (nSPS) is 15.0. The third-order valence-corrected chi connectivity index (χ3v) is 6.13. The summed E-state index contributed by atoms with van der Waals surface area (Å²) in [6.45, 7) is 1.74. The van der Waals surface area contributed by atoms with Gasteiger partial charge in [-0.3, -0.25) is 9.78 Å². The SMILES string of the molecule is CC1=C(C(=O)Nc2cccnc2)C(c2ccccc2F)n2nc(-c3ccc(Cl)c(Cl)c3)nc2N1. The van der Waals surface area contributed by atoms with Crippen LogP contribution in [0.15, 0.2) is 78.3 Å². The fourth-order valence-corrected chi connectivity index (χ4v) is 4.12. The Morgan fingerprint density at radius 2 is 1.94 bits per heavy atom. The Morgan fingerprint density at radius 1 is 1.12 bits per heavy atom. The molecule has 0 saturated heterocycles. The number of aromatic nitrogens is 4. The number of hydrogen-bond donors (Lipinski definition) is 2. The number of hydrogen-bond acceptors (Lipinski definition) is 5. The van der Waals surface area contributed by atoms with Gasteiger partial charge in [0.15, 0.2) is 5.82 Å². The maximum absolute atomic E-state index is 15.0. The molecule has 1 aliphatic rings. The lowest BCUT2D eigenvalue weighted by Gasteiger charge is -2.28. The Hall–Kier alpha value is -3.75. The molecule has 1 unspecified atom stereocenters. The molecule has 1 amide bonds. The number of fused-ring (bicyclic) bond motifs is 1. The minimum absolute atomic E-state index is 0.284.